The molecule has 17 heavy (non-hydrogen) atoms. The second kappa shape index (κ2) is 3.85. The summed E-state index contributed by atoms with van der Waals surface area (Å²) in [5.41, 5.74) is 0.775. The van der Waals surface area contributed by atoms with Crippen LogP contribution in [0, 0.1) is 0 Å². The van der Waals surface area contributed by atoms with Gasteiger partial charge in [0.1, 0.15) is 11.3 Å². The summed E-state index contributed by atoms with van der Waals surface area (Å²) in [5.74, 6) is -1.32. The Labute approximate surface area is 96.8 Å². The maximum absolute atomic E-state index is 11.1. The number of rotatable bonds is 3. The highest BCUT2D eigenvalue weighted by Gasteiger charge is 2.13. The van der Waals surface area contributed by atoms with Crippen LogP contribution in [0.2, 0.25) is 0 Å². The Morgan fingerprint density at radius 1 is 1.47 bits per heavy atom. The van der Waals surface area contributed by atoms with Crippen molar-refractivity contribution >= 4 is 26.9 Å². The molecule has 0 atom stereocenters. The van der Waals surface area contributed by atoms with Gasteiger partial charge < -0.3 is 9.52 Å². The molecular formula is C10H9NO5S. The fourth-order valence-corrected chi connectivity index (χ4v) is 1.96. The number of hydrogen-bond acceptors (Lipinski definition) is 5. The van der Waals surface area contributed by atoms with E-state index in [4.69, 9.17) is 9.52 Å². The summed E-state index contributed by atoms with van der Waals surface area (Å²) in [7, 11) is -3.22. The van der Waals surface area contributed by atoms with Gasteiger partial charge in [-0.2, -0.15) is 0 Å². The zero-order valence-electron chi connectivity index (χ0n) is 8.87. The lowest BCUT2D eigenvalue weighted by Crippen LogP contribution is -2.00. The number of nitrogens with zero attached hydrogens (tertiary/aromatic N) is 1. The molecule has 2 aromatic rings. The van der Waals surface area contributed by atoms with Crippen LogP contribution in [0.1, 0.15) is 16.2 Å². The highest BCUT2D eigenvalue weighted by Crippen LogP contribution is 2.18. The van der Waals surface area contributed by atoms with E-state index in [0.717, 1.165) is 6.26 Å². The molecule has 0 radical (unpaired) electrons. The molecule has 0 aliphatic carbocycles. The molecule has 6 nitrogen and oxygen atoms in total. The number of hydrogen-bond donors (Lipinski definition) is 1. The first-order chi connectivity index (χ1) is 7.85. The molecule has 0 aliphatic rings. The number of aromatic carboxylic acids is 1. The molecule has 0 fully saturated rings. The smallest absolute Gasteiger partial charge is 0.335 e. The molecule has 7 heteroatoms. The van der Waals surface area contributed by atoms with Gasteiger partial charge in [-0.25, -0.2) is 18.2 Å². The number of aromatic nitrogens is 1. The molecule has 0 aliphatic heterocycles. The van der Waals surface area contributed by atoms with Crippen molar-refractivity contribution in [3.63, 3.8) is 0 Å². The molecule has 0 bridgehead atoms. The maximum atomic E-state index is 11.1. The molecule has 0 saturated carbocycles. The van der Waals surface area contributed by atoms with E-state index >= 15 is 0 Å². The highest BCUT2D eigenvalue weighted by atomic mass is 32.2. The monoisotopic (exact) mass is 255 g/mol. The maximum Gasteiger partial charge on any atom is 0.335 e. The first-order valence-corrected chi connectivity index (χ1v) is 6.72. The van der Waals surface area contributed by atoms with Gasteiger partial charge in [0.15, 0.2) is 15.4 Å². The fraction of sp³-hybridized carbons (Fsp3) is 0.200. The Hall–Kier alpha value is -1.89. The topological polar surface area (TPSA) is 97.5 Å². The van der Waals surface area contributed by atoms with Gasteiger partial charge in [-0.1, -0.05) is 0 Å². The molecular weight excluding hydrogens is 246 g/mol. The summed E-state index contributed by atoms with van der Waals surface area (Å²) in [6.07, 6.45) is 1.07. The number of carboxylic acids is 1. The quantitative estimate of drug-likeness (QED) is 0.881. The van der Waals surface area contributed by atoms with Crippen molar-refractivity contribution in [1.82, 2.24) is 4.98 Å². The molecule has 0 amide bonds. The number of benzene rings is 1. The van der Waals surface area contributed by atoms with Crippen LogP contribution in [0.5, 0.6) is 0 Å². The Morgan fingerprint density at radius 3 is 2.76 bits per heavy atom. The minimum atomic E-state index is -3.22. The van der Waals surface area contributed by atoms with E-state index in [-0.39, 0.29) is 22.8 Å². The number of carbonyl (C=O) groups is 1. The third kappa shape index (κ3) is 2.62. The lowest BCUT2D eigenvalue weighted by atomic mass is 10.2. The minimum Gasteiger partial charge on any atom is -0.478 e. The van der Waals surface area contributed by atoms with E-state index < -0.39 is 15.8 Å². The van der Waals surface area contributed by atoms with Crippen LogP contribution < -0.4 is 0 Å². The largest absolute Gasteiger partial charge is 0.478 e. The van der Waals surface area contributed by atoms with Crippen LogP contribution in [0.3, 0.4) is 0 Å². The molecule has 1 N–H and O–H groups in total. The van der Waals surface area contributed by atoms with Gasteiger partial charge in [-0.15, -0.1) is 0 Å². The van der Waals surface area contributed by atoms with Gasteiger partial charge in [-0.3, -0.25) is 0 Å². The summed E-state index contributed by atoms with van der Waals surface area (Å²) >= 11 is 0. The third-order valence-electron chi connectivity index (χ3n) is 2.07. The molecule has 1 aromatic carbocycles. The molecule has 0 spiro atoms. The summed E-state index contributed by atoms with van der Waals surface area (Å²) < 4.78 is 27.3. The van der Waals surface area contributed by atoms with E-state index in [1.54, 1.807) is 0 Å². The van der Waals surface area contributed by atoms with Crippen LogP contribution in [0.4, 0.5) is 0 Å². The van der Waals surface area contributed by atoms with Crippen LogP contribution >= 0.6 is 0 Å². The van der Waals surface area contributed by atoms with Gasteiger partial charge in [0.05, 0.1) is 5.56 Å². The van der Waals surface area contributed by atoms with Gasteiger partial charge in [-0.05, 0) is 18.2 Å². The normalized spacial score (nSPS) is 11.8. The molecule has 2 rings (SSSR count). The first kappa shape index (κ1) is 11.6. The average molecular weight is 255 g/mol. The highest BCUT2D eigenvalue weighted by molar-refractivity contribution is 7.89. The van der Waals surface area contributed by atoms with E-state index in [0.29, 0.717) is 5.52 Å². The van der Waals surface area contributed by atoms with Crippen LogP contribution in [-0.4, -0.2) is 30.7 Å². The van der Waals surface area contributed by atoms with E-state index in [9.17, 15) is 13.2 Å². The molecule has 0 unspecified atom stereocenters. The van der Waals surface area contributed by atoms with Crippen LogP contribution in [-0.2, 0) is 15.6 Å². The van der Waals surface area contributed by atoms with Crippen molar-refractivity contribution in [3.05, 3.63) is 29.7 Å². The zero-order valence-corrected chi connectivity index (χ0v) is 9.69. The number of oxazole rings is 1. The number of carboxylic acid groups (broad SMARTS) is 1. The zero-order chi connectivity index (χ0) is 12.6. The average Bonchev–Trinajstić information content (AvgIpc) is 2.54. The predicted molar refractivity (Wildman–Crippen MR) is 59.5 cm³/mol. The lowest BCUT2D eigenvalue weighted by Gasteiger charge is -1.91. The lowest BCUT2D eigenvalue weighted by molar-refractivity contribution is 0.0697. The van der Waals surface area contributed by atoms with Crippen molar-refractivity contribution in [2.24, 2.45) is 0 Å². The Bertz CT molecular complexity index is 686. The standard InChI is InChI=1S/C10H9NO5S/c1-17(14,15)5-9-11-7-3-2-6(10(12)13)4-8(7)16-9/h2-4H,5H2,1H3,(H,12,13). The van der Waals surface area contributed by atoms with Crippen LogP contribution in [0.15, 0.2) is 22.6 Å². The van der Waals surface area contributed by atoms with E-state index in [1.807, 2.05) is 0 Å². The van der Waals surface area contributed by atoms with Gasteiger partial charge >= 0.3 is 5.97 Å². The summed E-state index contributed by atoms with van der Waals surface area (Å²) in [6, 6.07) is 4.18. The Kier molecular flexibility index (Phi) is 2.62. The molecule has 1 heterocycles. The third-order valence-corrected chi connectivity index (χ3v) is 2.84. The molecule has 1 aromatic heterocycles. The van der Waals surface area contributed by atoms with Crippen molar-refractivity contribution in [2.45, 2.75) is 5.75 Å². The molecule has 0 saturated heterocycles. The van der Waals surface area contributed by atoms with Gasteiger partial charge in [0.25, 0.3) is 0 Å². The molecule has 90 valence electrons. The Morgan fingerprint density at radius 2 is 2.18 bits per heavy atom. The first-order valence-electron chi connectivity index (χ1n) is 4.66. The van der Waals surface area contributed by atoms with Crippen molar-refractivity contribution in [1.29, 1.82) is 0 Å². The minimum absolute atomic E-state index is 0.0602. The summed E-state index contributed by atoms with van der Waals surface area (Å²) in [5, 5.41) is 8.78. The second-order valence-corrected chi connectivity index (χ2v) is 5.81. The summed E-state index contributed by atoms with van der Waals surface area (Å²) in [6.45, 7) is 0. The number of fused-ring (bicyclic) bond motifs is 1. The fourth-order valence-electron chi connectivity index (χ4n) is 1.39. The van der Waals surface area contributed by atoms with E-state index in [2.05, 4.69) is 4.98 Å². The van der Waals surface area contributed by atoms with Crippen molar-refractivity contribution in [3.8, 4) is 0 Å². The Balaban J connectivity index is 2.47. The van der Waals surface area contributed by atoms with Gasteiger partial charge in [0.2, 0.25) is 5.89 Å². The second-order valence-electron chi connectivity index (χ2n) is 3.67. The summed E-state index contributed by atoms with van der Waals surface area (Å²) in [4.78, 5) is 14.7. The van der Waals surface area contributed by atoms with E-state index in [1.165, 1.54) is 18.2 Å². The SMILES string of the molecule is CS(=O)(=O)Cc1nc2ccc(C(=O)O)cc2o1. The van der Waals surface area contributed by atoms with Crippen molar-refractivity contribution < 1.29 is 22.7 Å². The van der Waals surface area contributed by atoms with Gasteiger partial charge in [0, 0.05) is 6.26 Å². The van der Waals surface area contributed by atoms with Crippen LogP contribution in [0.25, 0.3) is 11.1 Å². The predicted octanol–water partition coefficient (Wildman–Crippen LogP) is 1.07. The van der Waals surface area contributed by atoms with Crippen molar-refractivity contribution in [2.75, 3.05) is 6.26 Å². The number of sulfone groups is 1.